The smallest absolute Gasteiger partial charge is 0.235 e. The number of nitro groups is 1. The second-order valence-electron chi connectivity index (χ2n) is 4.82. The summed E-state index contributed by atoms with van der Waals surface area (Å²) in [7, 11) is 3.17. The molecule has 5 nitrogen and oxygen atoms in total. The van der Waals surface area contributed by atoms with Crippen molar-refractivity contribution < 1.29 is 14.4 Å². The summed E-state index contributed by atoms with van der Waals surface area (Å²) in [6.07, 6.45) is 7.94. The van der Waals surface area contributed by atoms with Crippen LogP contribution in [0, 0.1) is 10.1 Å². The first kappa shape index (κ1) is 17.0. The molecule has 0 amide bonds. The molecule has 0 aliphatic heterocycles. The van der Waals surface area contributed by atoms with E-state index < -0.39 is 4.92 Å². The number of hydrogen-bond donors (Lipinski definition) is 0. The fourth-order valence-electron chi connectivity index (χ4n) is 2.19. The van der Waals surface area contributed by atoms with E-state index in [4.69, 9.17) is 9.47 Å². The highest BCUT2D eigenvalue weighted by atomic mass is 16.6. The maximum atomic E-state index is 10.4. The number of rotatable bonds is 9. The Bertz CT molecular complexity index is 497. The van der Waals surface area contributed by atoms with Crippen LogP contribution in [0.5, 0.6) is 11.5 Å². The molecule has 5 heteroatoms. The number of ether oxygens (including phenoxy) is 2. The summed E-state index contributed by atoms with van der Waals surface area (Å²) in [5, 5.41) is 10.4. The van der Waals surface area contributed by atoms with Gasteiger partial charge in [-0.15, -0.1) is 0 Å². The van der Waals surface area contributed by atoms with Crippen molar-refractivity contribution in [1.82, 2.24) is 0 Å². The fraction of sp³-hybridized carbons (Fsp3) is 0.500. The van der Waals surface area contributed by atoms with Gasteiger partial charge in [-0.2, -0.15) is 0 Å². The molecule has 0 bridgehead atoms. The molecule has 0 atom stereocenters. The highest BCUT2D eigenvalue weighted by molar-refractivity contribution is 5.61. The van der Waals surface area contributed by atoms with Crippen LogP contribution in [0.25, 0.3) is 6.08 Å². The SMILES string of the molecule is CCCCCCc1cc(OC)c(/C=C/[N+](=O)[O-])cc1OC. The average molecular weight is 293 g/mol. The third-order valence-corrected chi connectivity index (χ3v) is 3.31. The van der Waals surface area contributed by atoms with E-state index in [0.29, 0.717) is 11.3 Å². The van der Waals surface area contributed by atoms with Gasteiger partial charge in [-0.05, 0) is 30.5 Å². The summed E-state index contributed by atoms with van der Waals surface area (Å²) >= 11 is 0. The first-order chi connectivity index (χ1) is 10.1. The number of methoxy groups -OCH3 is 2. The Morgan fingerprint density at radius 1 is 1.14 bits per heavy atom. The lowest BCUT2D eigenvalue weighted by molar-refractivity contribution is -0.400. The van der Waals surface area contributed by atoms with E-state index in [9.17, 15) is 10.1 Å². The first-order valence-electron chi connectivity index (χ1n) is 7.19. The molecule has 0 spiro atoms. The van der Waals surface area contributed by atoms with Crippen molar-refractivity contribution in [2.45, 2.75) is 39.0 Å². The lowest BCUT2D eigenvalue weighted by Crippen LogP contribution is -1.97. The van der Waals surface area contributed by atoms with Crippen molar-refractivity contribution in [3.8, 4) is 11.5 Å². The largest absolute Gasteiger partial charge is 0.496 e. The molecule has 0 saturated carbocycles. The van der Waals surface area contributed by atoms with Crippen LogP contribution in [0.4, 0.5) is 0 Å². The molecule has 0 unspecified atom stereocenters. The first-order valence-corrected chi connectivity index (χ1v) is 7.19. The topological polar surface area (TPSA) is 61.6 Å². The van der Waals surface area contributed by atoms with Gasteiger partial charge in [0.2, 0.25) is 6.20 Å². The molecule has 1 aromatic carbocycles. The maximum Gasteiger partial charge on any atom is 0.235 e. The molecule has 1 aromatic rings. The Morgan fingerprint density at radius 2 is 1.86 bits per heavy atom. The van der Waals surface area contributed by atoms with E-state index in [2.05, 4.69) is 6.92 Å². The lowest BCUT2D eigenvalue weighted by Gasteiger charge is -2.13. The summed E-state index contributed by atoms with van der Waals surface area (Å²) < 4.78 is 10.7. The van der Waals surface area contributed by atoms with Crippen molar-refractivity contribution in [2.24, 2.45) is 0 Å². The van der Waals surface area contributed by atoms with E-state index in [0.717, 1.165) is 30.4 Å². The van der Waals surface area contributed by atoms with Gasteiger partial charge in [0.1, 0.15) is 11.5 Å². The fourth-order valence-corrected chi connectivity index (χ4v) is 2.19. The Balaban J connectivity index is 2.96. The highest BCUT2D eigenvalue weighted by Crippen LogP contribution is 2.31. The van der Waals surface area contributed by atoms with Gasteiger partial charge < -0.3 is 9.47 Å². The van der Waals surface area contributed by atoms with Gasteiger partial charge in [-0.1, -0.05) is 26.2 Å². The van der Waals surface area contributed by atoms with Crippen molar-refractivity contribution in [1.29, 1.82) is 0 Å². The molecule has 0 radical (unpaired) electrons. The van der Waals surface area contributed by atoms with Gasteiger partial charge in [-0.25, -0.2) is 0 Å². The van der Waals surface area contributed by atoms with Crippen LogP contribution >= 0.6 is 0 Å². The van der Waals surface area contributed by atoms with Crippen LogP contribution in [-0.2, 0) is 6.42 Å². The molecule has 21 heavy (non-hydrogen) atoms. The molecule has 0 aliphatic carbocycles. The monoisotopic (exact) mass is 293 g/mol. The molecular formula is C16H23NO4. The molecule has 0 fully saturated rings. The normalized spacial score (nSPS) is 10.8. The zero-order valence-corrected chi connectivity index (χ0v) is 12.9. The minimum atomic E-state index is -0.495. The molecule has 0 aromatic heterocycles. The highest BCUT2D eigenvalue weighted by Gasteiger charge is 2.10. The number of unbranched alkanes of at least 4 members (excludes halogenated alkanes) is 3. The van der Waals surface area contributed by atoms with Crippen LogP contribution in [0.15, 0.2) is 18.3 Å². The van der Waals surface area contributed by atoms with Gasteiger partial charge in [0, 0.05) is 11.6 Å². The quantitative estimate of drug-likeness (QED) is 0.391. The third kappa shape index (κ3) is 5.45. The van der Waals surface area contributed by atoms with Crippen LogP contribution < -0.4 is 9.47 Å². The Morgan fingerprint density at radius 3 is 2.43 bits per heavy atom. The summed E-state index contributed by atoms with van der Waals surface area (Å²) in [5.74, 6) is 1.37. The number of aryl methyl sites for hydroxylation is 1. The second kappa shape index (κ2) is 9.00. The maximum absolute atomic E-state index is 10.4. The summed E-state index contributed by atoms with van der Waals surface area (Å²) in [6, 6.07) is 3.69. The van der Waals surface area contributed by atoms with Crippen molar-refractivity contribution in [3.05, 3.63) is 39.6 Å². The molecule has 0 heterocycles. The lowest BCUT2D eigenvalue weighted by atomic mass is 10.0. The van der Waals surface area contributed by atoms with E-state index in [-0.39, 0.29) is 0 Å². The Hall–Kier alpha value is -2.04. The summed E-state index contributed by atoms with van der Waals surface area (Å²) in [5.41, 5.74) is 1.71. The number of nitrogens with zero attached hydrogens (tertiary/aromatic N) is 1. The molecule has 1 rings (SSSR count). The summed E-state index contributed by atoms with van der Waals surface area (Å²) in [4.78, 5) is 9.95. The molecule has 0 N–H and O–H groups in total. The minimum Gasteiger partial charge on any atom is -0.496 e. The van der Waals surface area contributed by atoms with Crippen molar-refractivity contribution >= 4 is 6.08 Å². The second-order valence-corrected chi connectivity index (χ2v) is 4.82. The van der Waals surface area contributed by atoms with Crippen LogP contribution in [0.1, 0.15) is 43.7 Å². The van der Waals surface area contributed by atoms with Gasteiger partial charge in [-0.3, -0.25) is 10.1 Å². The molecule has 116 valence electrons. The standard InChI is InChI=1S/C16H23NO4/c1-4-5-6-7-8-13-11-16(21-3)14(9-10-17(18)19)12-15(13)20-2/h9-12H,4-8H2,1-3H3/b10-9+. The van der Waals surface area contributed by atoms with Crippen LogP contribution in [0.3, 0.4) is 0 Å². The summed E-state index contributed by atoms with van der Waals surface area (Å²) in [6.45, 7) is 2.18. The van der Waals surface area contributed by atoms with E-state index in [1.165, 1.54) is 25.3 Å². The zero-order valence-electron chi connectivity index (χ0n) is 12.9. The molecular weight excluding hydrogens is 270 g/mol. The zero-order chi connectivity index (χ0) is 15.7. The predicted molar refractivity (Wildman–Crippen MR) is 83.4 cm³/mol. The van der Waals surface area contributed by atoms with Crippen LogP contribution in [-0.4, -0.2) is 19.1 Å². The number of hydrogen-bond acceptors (Lipinski definition) is 4. The van der Waals surface area contributed by atoms with Gasteiger partial charge in [0.25, 0.3) is 0 Å². The van der Waals surface area contributed by atoms with Gasteiger partial charge in [0.05, 0.1) is 19.1 Å². The molecule has 0 aliphatic rings. The van der Waals surface area contributed by atoms with Crippen molar-refractivity contribution in [3.63, 3.8) is 0 Å². The minimum absolute atomic E-state index is 0.495. The van der Waals surface area contributed by atoms with Crippen LogP contribution in [0.2, 0.25) is 0 Å². The van der Waals surface area contributed by atoms with E-state index in [1.54, 1.807) is 20.3 Å². The predicted octanol–water partition coefficient (Wildman–Crippen LogP) is 4.07. The Kier molecular flexibility index (Phi) is 7.29. The van der Waals surface area contributed by atoms with Crippen molar-refractivity contribution in [2.75, 3.05) is 14.2 Å². The van der Waals surface area contributed by atoms with E-state index >= 15 is 0 Å². The van der Waals surface area contributed by atoms with E-state index in [1.807, 2.05) is 6.07 Å². The number of benzene rings is 1. The van der Waals surface area contributed by atoms with Gasteiger partial charge in [0.15, 0.2) is 0 Å². The molecule has 0 saturated heterocycles. The third-order valence-electron chi connectivity index (χ3n) is 3.31. The van der Waals surface area contributed by atoms with Gasteiger partial charge >= 0.3 is 0 Å². The average Bonchev–Trinajstić information content (AvgIpc) is 2.49. The Labute approximate surface area is 125 Å².